The standard InChI is InChI=1S/C24H19FN2O2/c25-19-9-4-8-18(14-19)24(28)27-13-5-10-21(27)23-26-20-15-17(11-12-22(20)29-23)16-6-2-1-3-7-16/h1-4,6-9,11-12,14-15,21H,5,10,13H2. The summed E-state index contributed by atoms with van der Waals surface area (Å²) in [4.78, 5) is 19.4. The minimum atomic E-state index is -0.415. The van der Waals surface area contributed by atoms with E-state index in [0.717, 1.165) is 29.5 Å². The number of fused-ring (bicyclic) bond motifs is 1. The predicted octanol–water partition coefficient (Wildman–Crippen LogP) is 5.61. The van der Waals surface area contributed by atoms with E-state index < -0.39 is 5.82 Å². The molecular formula is C24H19FN2O2. The van der Waals surface area contributed by atoms with E-state index in [2.05, 4.69) is 12.1 Å². The second kappa shape index (κ2) is 7.17. The molecule has 4 nitrogen and oxygen atoms in total. The van der Waals surface area contributed by atoms with Crippen molar-refractivity contribution in [3.63, 3.8) is 0 Å². The molecule has 0 spiro atoms. The molecule has 29 heavy (non-hydrogen) atoms. The number of oxazole rings is 1. The molecule has 1 saturated heterocycles. The summed E-state index contributed by atoms with van der Waals surface area (Å²) in [7, 11) is 0. The molecule has 1 fully saturated rings. The predicted molar refractivity (Wildman–Crippen MR) is 109 cm³/mol. The Balaban J connectivity index is 1.47. The summed E-state index contributed by atoms with van der Waals surface area (Å²) in [6.07, 6.45) is 1.64. The van der Waals surface area contributed by atoms with E-state index in [9.17, 15) is 9.18 Å². The number of carbonyl (C=O) groups is 1. The average Bonchev–Trinajstić information content (AvgIpc) is 3.40. The Hall–Kier alpha value is -3.47. The number of aromatic nitrogens is 1. The average molecular weight is 386 g/mol. The van der Waals surface area contributed by atoms with Gasteiger partial charge in [-0.3, -0.25) is 4.79 Å². The third kappa shape index (κ3) is 3.29. The van der Waals surface area contributed by atoms with E-state index in [1.54, 1.807) is 17.0 Å². The van der Waals surface area contributed by atoms with Gasteiger partial charge < -0.3 is 9.32 Å². The quantitative estimate of drug-likeness (QED) is 0.460. The van der Waals surface area contributed by atoms with Gasteiger partial charge in [-0.2, -0.15) is 0 Å². The number of hydrogen-bond acceptors (Lipinski definition) is 3. The fraction of sp³-hybridized carbons (Fsp3) is 0.167. The van der Waals surface area contributed by atoms with Crippen molar-refractivity contribution < 1.29 is 13.6 Å². The van der Waals surface area contributed by atoms with Gasteiger partial charge >= 0.3 is 0 Å². The molecule has 2 heterocycles. The van der Waals surface area contributed by atoms with E-state index in [0.29, 0.717) is 23.6 Å². The van der Waals surface area contributed by atoms with E-state index in [1.807, 2.05) is 36.4 Å². The highest BCUT2D eigenvalue weighted by molar-refractivity contribution is 5.94. The summed E-state index contributed by atoms with van der Waals surface area (Å²) in [6, 6.07) is 21.6. The van der Waals surface area contributed by atoms with Crippen LogP contribution in [-0.2, 0) is 0 Å². The summed E-state index contributed by atoms with van der Waals surface area (Å²) in [5.74, 6) is -0.0754. The van der Waals surface area contributed by atoms with Gasteiger partial charge in [-0.15, -0.1) is 0 Å². The lowest BCUT2D eigenvalue weighted by Gasteiger charge is -2.22. The molecule has 0 aliphatic carbocycles. The van der Waals surface area contributed by atoms with Crippen LogP contribution in [0.1, 0.15) is 35.1 Å². The topological polar surface area (TPSA) is 46.3 Å². The normalized spacial score (nSPS) is 16.4. The number of halogens is 1. The van der Waals surface area contributed by atoms with Gasteiger partial charge in [0.2, 0.25) is 5.89 Å². The fourth-order valence-corrected chi connectivity index (χ4v) is 3.95. The molecular weight excluding hydrogens is 367 g/mol. The molecule has 1 atom stereocenters. The lowest BCUT2D eigenvalue weighted by molar-refractivity contribution is 0.0716. The van der Waals surface area contributed by atoms with Crippen molar-refractivity contribution in [1.82, 2.24) is 9.88 Å². The number of likely N-dealkylation sites (tertiary alicyclic amines) is 1. The molecule has 0 saturated carbocycles. The van der Waals surface area contributed by atoms with E-state index in [1.165, 1.54) is 12.1 Å². The molecule has 0 radical (unpaired) electrons. The van der Waals surface area contributed by atoms with Crippen LogP contribution >= 0.6 is 0 Å². The zero-order chi connectivity index (χ0) is 19.8. The third-order valence-electron chi connectivity index (χ3n) is 5.38. The Labute approximate surface area is 167 Å². The first-order valence-electron chi connectivity index (χ1n) is 9.71. The monoisotopic (exact) mass is 386 g/mol. The Bertz CT molecular complexity index is 1190. The molecule has 144 valence electrons. The maximum atomic E-state index is 13.6. The van der Waals surface area contributed by atoms with Crippen LogP contribution in [0.25, 0.3) is 22.2 Å². The summed E-state index contributed by atoms with van der Waals surface area (Å²) in [5.41, 5.74) is 4.00. The van der Waals surface area contributed by atoms with Gasteiger partial charge in [-0.25, -0.2) is 9.37 Å². The van der Waals surface area contributed by atoms with E-state index in [-0.39, 0.29) is 11.9 Å². The lowest BCUT2D eigenvalue weighted by atomic mass is 10.1. The van der Waals surface area contributed by atoms with Crippen molar-refractivity contribution in [3.05, 3.63) is 90.1 Å². The van der Waals surface area contributed by atoms with Gasteiger partial charge in [0.05, 0.1) is 0 Å². The number of amides is 1. The summed E-state index contributed by atoms with van der Waals surface area (Å²) >= 11 is 0. The maximum Gasteiger partial charge on any atom is 0.254 e. The van der Waals surface area contributed by atoms with Crippen LogP contribution in [0.3, 0.4) is 0 Å². The van der Waals surface area contributed by atoms with Gasteiger partial charge in [0.15, 0.2) is 5.58 Å². The van der Waals surface area contributed by atoms with Crippen LogP contribution in [0.15, 0.2) is 77.2 Å². The van der Waals surface area contributed by atoms with E-state index in [4.69, 9.17) is 9.40 Å². The highest BCUT2D eigenvalue weighted by Crippen LogP contribution is 2.35. The molecule has 4 aromatic rings. The first-order valence-corrected chi connectivity index (χ1v) is 9.71. The number of carbonyl (C=O) groups excluding carboxylic acids is 1. The number of nitrogens with zero attached hydrogens (tertiary/aromatic N) is 2. The minimum Gasteiger partial charge on any atom is -0.438 e. The number of benzene rings is 3. The minimum absolute atomic E-state index is 0.195. The van der Waals surface area contributed by atoms with E-state index >= 15 is 0 Å². The smallest absolute Gasteiger partial charge is 0.254 e. The number of hydrogen-bond donors (Lipinski definition) is 0. The zero-order valence-electron chi connectivity index (χ0n) is 15.7. The lowest BCUT2D eigenvalue weighted by Crippen LogP contribution is -2.30. The van der Waals surface area contributed by atoms with Crippen molar-refractivity contribution >= 4 is 17.0 Å². The first kappa shape index (κ1) is 17.6. The zero-order valence-corrected chi connectivity index (χ0v) is 15.7. The largest absolute Gasteiger partial charge is 0.438 e. The summed E-state index contributed by atoms with van der Waals surface area (Å²) in [5, 5.41) is 0. The van der Waals surface area contributed by atoms with Crippen molar-refractivity contribution in [2.75, 3.05) is 6.54 Å². The van der Waals surface area contributed by atoms with Crippen LogP contribution < -0.4 is 0 Å². The van der Waals surface area contributed by atoms with Gasteiger partial charge in [0.1, 0.15) is 17.4 Å². The molecule has 1 aromatic heterocycles. The molecule has 1 aliphatic rings. The van der Waals surface area contributed by atoms with Crippen LogP contribution in [0.4, 0.5) is 4.39 Å². The molecule has 1 amide bonds. The van der Waals surface area contributed by atoms with Gasteiger partial charge in [-0.05, 0) is 54.3 Å². The second-order valence-electron chi connectivity index (χ2n) is 7.27. The van der Waals surface area contributed by atoms with Crippen LogP contribution in [0.2, 0.25) is 0 Å². The first-order chi connectivity index (χ1) is 14.2. The Morgan fingerprint density at radius 3 is 2.69 bits per heavy atom. The third-order valence-corrected chi connectivity index (χ3v) is 5.38. The Morgan fingerprint density at radius 1 is 1.00 bits per heavy atom. The maximum absolute atomic E-state index is 13.6. The van der Waals surface area contributed by atoms with Gasteiger partial charge in [-0.1, -0.05) is 42.5 Å². The van der Waals surface area contributed by atoms with Gasteiger partial charge in [0, 0.05) is 12.1 Å². The van der Waals surface area contributed by atoms with Gasteiger partial charge in [0.25, 0.3) is 5.91 Å². The van der Waals surface area contributed by atoms with Crippen LogP contribution in [0.5, 0.6) is 0 Å². The molecule has 0 bridgehead atoms. The number of rotatable bonds is 3. The molecule has 1 aliphatic heterocycles. The van der Waals surface area contributed by atoms with Crippen LogP contribution in [-0.4, -0.2) is 22.3 Å². The second-order valence-corrected chi connectivity index (χ2v) is 7.27. The van der Waals surface area contributed by atoms with Crippen molar-refractivity contribution in [3.8, 4) is 11.1 Å². The highest BCUT2D eigenvalue weighted by Gasteiger charge is 2.34. The molecule has 0 N–H and O–H groups in total. The Kier molecular flexibility index (Phi) is 4.35. The summed E-state index contributed by atoms with van der Waals surface area (Å²) < 4.78 is 19.6. The highest BCUT2D eigenvalue weighted by atomic mass is 19.1. The molecule has 5 rings (SSSR count). The van der Waals surface area contributed by atoms with Crippen molar-refractivity contribution in [2.45, 2.75) is 18.9 Å². The van der Waals surface area contributed by atoms with Crippen molar-refractivity contribution in [2.24, 2.45) is 0 Å². The van der Waals surface area contributed by atoms with Crippen molar-refractivity contribution in [1.29, 1.82) is 0 Å². The van der Waals surface area contributed by atoms with Crippen LogP contribution in [0, 0.1) is 5.82 Å². The molecule has 5 heteroatoms. The fourth-order valence-electron chi connectivity index (χ4n) is 3.95. The summed E-state index contributed by atoms with van der Waals surface area (Å²) in [6.45, 7) is 0.605. The Morgan fingerprint density at radius 2 is 1.86 bits per heavy atom. The molecule has 3 aromatic carbocycles. The SMILES string of the molecule is O=C(c1cccc(F)c1)N1CCCC1c1nc2cc(-c3ccccc3)ccc2o1. The molecule has 1 unspecified atom stereocenters.